The quantitative estimate of drug-likeness (QED) is 0.847. The van der Waals surface area contributed by atoms with E-state index in [2.05, 4.69) is 23.7 Å². The second-order valence-corrected chi connectivity index (χ2v) is 5.92. The summed E-state index contributed by atoms with van der Waals surface area (Å²) in [6, 6.07) is 1.22. The highest BCUT2D eigenvalue weighted by Gasteiger charge is 2.27. The van der Waals surface area contributed by atoms with Crippen molar-refractivity contribution in [1.29, 1.82) is 0 Å². The minimum atomic E-state index is -0.990. The maximum Gasteiger partial charge on any atom is 0.326 e. The highest BCUT2D eigenvalue weighted by molar-refractivity contribution is 5.98. The number of carbonyl (C=O) groups is 2. The molecule has 118 valence electrons. The van der Waals surface area contributed by atoms with Gasteiger partial charge in [-0.1, -0.05) is 20.3 Å². The summed E-state index contributed by atoms with van der Waals surface area (Å²) in [5, 5.41) is 11.9. The topological polar surface area (TPSA) is 71.3 Å². The third-order valence-corrected chi connectivity index (χ3v) is 4.01. The lowest BCUT2D eigenvalue weighted by Crippen LogP contribution is -2.45. The molecule has 1 rings (SSSR count). The van der Waals surface area contributed by atoms with E-state index in [-0.39, 0.29) is 17.9 Å². The van der Waals surface area contributed by atoms with Crippen LogP contribution in [0, 0.1) is 19.8 Å². The molecule has 2 atom stereocenters. The van der Waals surface area contributed by atoms with Crippen LogP contribution in [0.5, 0.6) is 0 Å². The minimum absolute atomic E-state index is 0.111. The SMILES string of the molecule is CC[C@H](C)[C@H](NC(=O)c1cc(C)n(C(C)C)c1C)C(=O)O. The predicted octanol–water partition coefficient (Wildman–Crippen LogP) is 2.91. The molecule has 0 saturated carbocycles. The maximum atomic E-state index is 12.4. The van der Waals surface area contributed by atoms with E-state index in [0.717, 1.165) is 11.4 Å². The number of carboxylic acid groups (broad SMARTS) is 1. The monoisotopic (exact) mass is 294 g/mol. The van der Waals surface area contributed by atoms with Gasteiger partial charge in [-0.2, -0.15) is 0 Å². The Morgan fingerprint density at radius 3 is 2.24 bits per heavy atom. The van der Waals surface area contributed by atoms with Crippen molar-refractivity contribution in [2.75, 3.05) is 0 Å². The third kappa shape index (κ3) is 3.65. The van der Waals surface area contributed by atoms with Gasteiger partial charge in [-0.15, -0.1) is 0 Å². The summed E-state index contributed by atoms with van der Waals surface area (Å²) in [5.41, 5.74) is 2.42. The van der Waals surface area contributed by atoms with Gasteiger partial charge in [0, 0.05) is 17.4 Å². The summed E-state index contributed by atoms with van der Waals surface area (Å²) in [6.07, 6.45) is 0.697. The zero-order valence-corrected chi connectivity index (χ0v) is 13.7. The Labute approximate surface area is 126 Å². The van der Waals surface area contributed by atoms with Crippen molar-refractivity contribution >= 4 is 11.9 Å². The molecule has 0 aliphatic rings. The van der Waals surface area contributed by atoms with Crippen LogP contribution >= 0.6 is 0 Å². The van der Waals surface area contributed by atoms with Crippen molar-refractivity contribution in [2.24, 2.45) is 5.92 Å². The first-order valence-corrected chi connectivity index (χ1v) is 7.42. The maximum absolute atomic E-state index is 12.4. The lowest BCUT2D eigenvalue weighted by molar-refractivity contribution is -0.140. The van der Waals surface area contributed by atoms with Crippen molar-refractivity contribution in [2.45, 2.75) is 60.0 Å². The molecule has 0 unspecified atom stereocenters. The van der Waals surface area contributed by atoms with Crippen LogP contribution in [0.1, 0.15) is 61.9 Å². The van der Waals surface area contributed by atoms with E-state index in [0.29, 0.717) is 12.0 Å². The Kier molecular flexibility index (Phi) is 5.58. The zero-order valence-electron chi connectivity index (χ0n) is 13.7. The Morgan fingerprint density at radius 2 is 1.86 bits per heavy atom. The highest BCUT2D eigenvalue weighted by Crippen LogP contribution is 2.20. The molecule has 21 heavy (non-hydrogen) atoms. The van der Waals surface area contributed by atoms with E-state index < -0.39 is 12.0 Å². The van der Waals surface area contributed by atoms with Crippen LogP contribution in [0.4, 0.5) is 0 Å². The summed E-state index contributed by atoms with van der Waals surface area (Å²) < 4.78 is 2.08. The van der Waals surface area contributed by atoms with Crippen LogP contribution in [0.2, 0.25) is 0 Å². The van der Waals surface area contributed by atoms with E-state index in [1.807, 2.05) is 33.8 Å². The number of hydrogen-bond acceptors (Lipinski definition) is 2. The largest absolute Gasteiger partial charge is 0.480 e. The Hall–Kier alpha value is -1.78. The average Bonchev–Trinajstić information content (AvgIpc) is 2.69. The number of carboxylic acids is 1. The van der Waals surface area contributed by atoms with E-state index in [1.54, 1.807) is 0 Å². The molecule has 1 aromatic rings. The van der Waals surface area contributed by atoms with Crippen LogP contribution in [0.25, 0.3) is 0 Å². The first-order chi connectivity index (χ1) is 9.70. The number of nitrogens with zero attached hydrogens (tertiary/aromatic N) is 1. The molecular weight excluding hydrogens is 268 g/mol. The minimum Gasteiger partial charge on any atom is -0.480 e. The summed E-state index contributed by atoms with van der Waals surface area (Å²) >= 11 is 0. The zero-order chi connectivity index (χ0) is 16.3. The van der Waals surface area contributed by atoms with Crippen LogP contribution < -0.4 is 5.32 Å². The number of hydrogen-bond donors (Lipinski definition) is 2. The van der Waals surface area contributed by atoms with Gasteiger partial charge in [-0.3, -0.25) is 4.79 Å². The average molecular weight is 294 g/mol. The molecule has 0 aliphatic carbocycles. The van der Waals surface area contributed by atoms with Crippen molar-refractivity contribution in [3.05, 3.63) is 23.0 Å². The van der Waals surface area contributed by atoms with Crippen molar-refractivity contribution < 1.29 is 14.7 Å². The standard InChI is InChI=1S/C16H26N2O3/c1-7-10(4)14(16(20)21)17-15(19)13-8-11(5)18(9(2)3)12(13)6/h8-10,14H,7H2,1-6H3,(H,17,19)(H,20,21)/t10-,14-/m0/s1. The second-order valence-electron chi connectivity index (χ2n) is 5.92. The molecule has 0 aliphatic heterocycles. The van der Waals surface area contributed by atoms with Gasteiger partial charge in [0.05, 0.1) is 5.56 Å². The Balaban J connectivity index is 3.04. The van der Waals surface area contributed by atoms with E-state index in [4.69, 9.17) is 0 Å². The molecule has 0 aromatic carbocycles. The fraction of sp³-hybridized carbons (Fsp3) is 0.625. The first kappa shape index (κ1) is 17.3. The summed E-state index contributed by atoms with van der Waals surface area (Å²) in [6.45, 7) is 11.7. The number of amides is 1. The molecule has 0 bridgehead atoms. The van der Waals surface area contributed by atoms with E-state index in [1.165, 1.54) is 0 Å². The van der Waals surface area contributed by atoms with Crippen molar-refractivity contribution in [3.8, 4) is 0 Å². The van der Waals surface area contributed by atoms with Gasteiger partial charge in [0.2, 0.25) is 0 Å². The second kappa shape index (κ2) is 6.78. The smallest absolute Gasteiger partial charge is 0.326 e. The molecule has 1 heterocycles. The molecular formula is C16H26N2O3. The van der Waals surface area contributed by atoms with Gasteiger partial charge < -0.3 is 15.0 Å². The van der Waals surface area contributed by atoms with Crippen LogP contribution in [-0.4, -0.2) is 27.6 Å². The third-order valence-electron chi connectivity index (χ3n) is 4.01. The van der Waals surface area contributed by atoms with Gasteiger partial charge in [0.25, 0.3) is 5.91 Å². The van der Waals surface area contributed by atoms with E-state index in [9.17, 15) is 14.7 Å². The van der Waals surface area contributed by atoms with Crippen molar-refractivity contribution in [3.63, 3.8) is 0 Å². The van der Waals surface area contributed by atoms with Crippen LogP contribution in [0.15, 0.2) is 6.07 Å². The first-order valence-electron chi connectivity index (χ1n) is 7.42. The number of aryl methyl sites for hydroxylation is 1. The van der Waals surface area contributed by atoms with Gasteiger partial charge in [-0.05, 0) is 39.7 Å². The fourth-order valence-corrected chi connectivity index (χ4v) is 2.70. The van der Waals surface area contributed by atoms with Crippen LogP contribution in [0.3, 0.4) is 0 Å². The summed E-state index contributed by atoms with van der Waals surface area (Å²) in [7, 11) is 0. The van der Waals surface area contributed by atoms with Gasteiger partial charge in [-0.25, -0.2) is 4.79 Å². The highest BCUT2D eigenvalue weighted by atomic mass is 16.4. The van der Waals surface area contributed by atoms with Gasteiger partial charge in [0.1, 0.15) is 6.04 Å². The number of rotatable bonds is 6. The molecule has 1 aromatic heterocycles. The molecule has 5 nitrogen and oxygen atoms in total. The van der Waals surface area contributed by atoms with E-state index >= 15 is 0 Å². The molecule has 0 spiro atoms. The molecule has 5 heteroatoms. The fourth-order valence-electron chi connectivity index (χ4n) is 2.70. The molecule has 0 radical (unpaired) electrons. The Morgan fingerprint density at radius 1 is 1.29 bits per heavy atom. The molecule has 0 saturated heterocycles. The lowest BCUT2D eigenvalue weighted by Gasteiger charge is -2.20. The van der Waals surface area contributed by atoms with Gasteiger partial charge in [0.15, 0.2) is 0 Å². The Bertz CT molecular complexity index is 532. The summed E-state index contributed by atoms with van der Waals surface area (Å²) in [4.78, 5) is 23.7. The number of aliphatic carboxylic acids is 1. The molecule has 1 amide bonds. The normalized spacial score (nSPS) is 14.0. The predicted molar refractivity (Wildman–Crippen MR) is 82.6 cm³/mol. The van der Waals surface area contributed by atoms with Crippen molar-refractivity contribution in [1.82, 2.24) is 9.88 Å². The molecule has 0 fully saturated rings. The number of nitrogens with one attached hydrogen (secondary N) is 1. The summed E-state index contributed by atoms with van der Waals surface area (Å²) in [5.74, 6) is -1.42. The number of aromatic nitrogens is 1. The molecule has 2 N–H and O–H groups in total. The number of carbonyl (C=O) groups excluding carboxylic acids is 1. The lowest BCUT2D eigenvalue weighted by atomic mass is 9.99. The van der Waals surface area contributed by atoms with Crippen LogP contribution in [-0.2, 0) is 4.79 Å². The van der Waals surface area contributed by atoms with Gasteiger partial charge >= 0.3 is 5.97 Å².